The maximum absolute atomic E-state index is 10.8. The molecule has 2 rings (SSSR count). The van der Waals surface area contributed by atoms with Crippen molar-refractivity contribution in [3.05, 3.63) is 23.9 Å². The van der Waals surface area contributed by atoms with Crippen LogP contribution in [-0.2, 0) is 0 Å². The molecular weight excluding hydrogens is 258 g/mol. The summed E-state index contributed by atoms with van der Waals surface area (Å²) in [6, 6.07) is 3.68. The first-order chi connectivity index (χ1) is 9.60. The van der Waals surface area contributed by atoms with Crippen LogP contribution in [0.3, 0.4) is 0 Å². The van der Waals surface area contributed by atoms with Gasteiger partial charge < -0.3 is 20.5 Å². The smallest absolute Gasteiger partial charge is 0.407 e. The summed E-state index contributed by atoms with van der Waals surface area (Å²) in [5.41, 5.74) is 7.19. The SMILES string of the molecule is COc1ccc(C(N)CC2CCN(C(=O)O)CC2)cn1. The van der Waals surface area contributed by atoms with E-state index in [4.69, 9.17) is 15.6 Å². The molecule has 20 heavy (non-hydrogen) atoms. The van der Waals surface area contributed by atoms with E-state index in [2.05, 4.69) is 4.98 Å². The first-order valence-electron chi connectivity index (χ1n) is 6.83. The number of piperidine rings is 1. The molecule has 1 unspecified atom stereocenters. The number of nitrogens with two attached hydrogens (primary N) is 1. The number of hydrogen-bond donors (Lipinski definition) is 2. The first-order valence-corrected chi connectivity index (χ1v) is 6.83. The number of carboxylic acid groups (broad SMARTS) is 1. The highest BCUT2D eigenvalue weighted by molar-refractivity contribution is 5.64. The van der Waals surface area contributed by atoms with E-state index < -0.39 is 6.09 Å². The second-order valence-electron chi connectivity index (χ2n) is 5.19. The summed E-state index contributed by atoms with van der Waals surface area (Å²) < 4.78 is 5.02. The minimum absolute atomic E-state index is 0.0604. The lowest BCUT2D eigenvalue weighted by Gasteiger charge is -2.31. The highest BCUT2D eigenvalue weighted by atomic mass is 16.5. The van der Waals surface area contributed by atoms with Crippen molar-refractivity contribution in [1.82, 2.24) is 9.88 Å². The number of aromatic nitrogens is 1. The molecule has 1 atom stereocenters. The Morgan fingerprint density at radius 1 is 1.55 bits per heavy atom. The molecule has 0 saturated carbocycles. The highest BCUT2D eigenvalue weighted by Gasteiger charge is 2.24. The maximum Gasteiger partial charge on any atom is 0.407 e. The summed E-state index contributed by atoms with van der Waals surface area (Å²) >= 11 is 0. The van der Waals surface area contributed by atoms with E-state index in [0.717, 1.165) is 24.8 Å². The monoisotopic (exact) mass is 279 g/mol. The summed E-state index contributed by atoms with van der Waals surface area (Å²) in [4.78, 5) is 16.5. The van der Waals surface area contributed by atoms with Crippen molar-refractivity contribution >= 4 is 6.09 Å². The molecule has 0 aliphatic carbocycles. The zero-order valence-electron chi connectivity index (χ0n) is 11.7. The minimum Gasteiger partial charge on any atom is -0.481 e. The zero-order valence-corrected chi connectivity index (χ0v) is 11.7. The van der Waals surface area contributed by atoms with E-state index in [0.29, 0.717) is 24.9 Å². The van der Waals surface area contributed by atoms with Crippen LogP contribution in [0.4, 0.5) is 4.79 Å². The standard InChI is InChI=1S/C14H21N3O3/c1-20-13-3-2-11(9-16-13)12(15)8-10-4-6-17(7-5-10)14(18)19/h2-3,9-10,12H,4-8,15H2,1H3,(H,18,19). The van der Waals surface area contributed by atoms with Gasteiger partial charge in [-0.3, -0.25) is 0 Å². The second-order valence-corrected chi connectivity index (χ2v) is 5.19. The predicted molar refractivity (Wildman–Crippen MR) is 74.7 cm³/mol. The van der Waals surface area contributed by atoms with Crippen molar-refractivity contribution in [2.45, 2.75) is 25.3 Å². The lowest BCUT2D eigenvalue weighted by atomic mass is 9.88. The minimum atomic E-state index is -0.827. The Morgan fingerprint density at radius 3 is 2.75 bits per heavy atom. The quantitative estimate of drug-likeness (QED) is 0.878. The molecule has 1 aromatic rings. The van der Waals surface area contributed by atoms with Crippen molar-refractivity contribution in [3.8, 4) is 5.88 Å². The molecule has 3 N–H and O–H groups in total. The van der Waals surface area contributed by atoms with E-state index in [9.17, 15) is 4.79 Å². The summed E-state index contributed by atoms with van der Waals surface area (Å²) in [6.07, 6.45) is 3.54. The molecule has 0 radical (unpaired) electrons. The number of ether oxygens (including phenoxy) is 1. The van der Waals surface area contributed by atoms with Gasteiger partial charge in [0.2, 0.25) is 5.88 Å². The van der Waals surface area contributed by atoms with Gasteiger partial charge in [0.15, 0.2) is 0 Å². The molecule has 1 saturated heterocycles. The number of methoxy groups -OCH3 is 1. The van der Waals surface area contributed by atoms with E-state index in [1.165, 1.54) is 4.90 Å². The lowest BCUT2D eigenvalue weighted by molar-refractivity contribution is 0.122. The number of carbonyl (C=O) groups is 1. The van der Waals surface area contributed by atoms with Crippen LogP contribution in [0, 0.1) is 5.92 Å². The van der Waals surface area contributed by atoms with Crippen molar-refractivity contribution in [2.24, 2.45) is 11.7 Å². The Morgan fingerprint density at radius 2 is 2.25 bits per heavy atom. The van der Waals surface area contributed by atoms with Gasteiger partial charge in [-0.05, 0) is 30.7 Å². The topological polar surface area (TPSA) is 88.7 Å². The molecular formula is C14H21N3O3. The third-order valence-corrected chi connectivity index (χ3v) is 3.87. The molecule has 2 heterocycles. The number of rotatable bonds is 4. The highest BCUT2D eigenvalue weighted by Crippen LogP contribution is 2.27. The molecule has 1 amide bonds. The van der Waals surface area contributed by atoms with E-state index in [1.807, 2.05) is 12.1 Å². The Hall–Kier alpha value is -1.82. The largest absolute Gasteiger partial charge is 0.481 e. The molecule has 6 heteroatoms. The molecule has 0 spiro atoms. The fourth-order valence-corrected chi connectivity index (χ4v) is 2.59. The number of amides is 1. The van der Waals surface area contributed by atoms with Crippen molar-refractivity contribution in [3.63, 3.8) is 0 Å². The second kappa shape index (κ2) is 6.56. The van der Waals surface area contributed by atoms with Gasteiger partial charge in [0.05, 0.1) is 7.11 Å². The van der Waals surface area contributed by atoms with Crippen LogP contribution in [0.5, 0.6) is 5.88 Å². The predicted octanol–water partition coefficient (Wildman–Crippen LogP) is 1.87. The summed E-state index contributed by atoms with van der Waals surface area (Å²) in [6.45, 7) is 1.21. The van der Waals surface area contributed by atoms with Gasteiger partial charge in [0, 0.05) is 31.4 Å². The van der Waals surface area contributed by atoms with Crippen LogP contribution in [-0.4, -0.2) is 41.3 Å². The third-order valence-electron chi connectivity index (χ3n) is 3.87. The Kier molecular flexibility index (Phi) is 4.79. The third kappa shape index (κ3) is 3.60. The Bertz CT molecular complexity index is 441. The molecule has 1 aromatic heterocycles. The van der Waals surface area contributed by atoms with Crippen LogP contribution in [0.2, 0.25) is 0 Å². The molecule has 6 nitrogen and oxygen atoms in total. The van der Waals surface area contributed by atoms with E-state index in [-0.39, 0.29) is 6.04 Å². The average molecular weight is 279 g/mol. The van der Waals surface area contributed by atoms with Crippen LogP contribution in [0.25, 0.3) is 0 Å². The molecule has 0 bridgehead atoms. The van der Waals surface area contributed by atoms with Gasteiger partial charge in [-0.2, -0.15) is 0 Å². The molecule has 110 valence electrons. The van der Waals surface area contributed by atoms with Gasteiger partial charge in [0.1, 0.15) is 0 Å². The molecule has 0 aromatic carbocycles. The maximum atomic E-state index is 10.8. The lowest BCUT2D eigenvalue weighted by Crippen LogP contribution is -2.38. The summed E-state index contributed by atoms with van der Waals surface area (Å²) in [5.74, 6) is 1.05. The number of nitrogens with zero attached hydrogens (tertiary/aromatic N) is 2. The van der Waals surface area contributed by atoms with Crippen LogP contribution < -0.4 is 10.5 Å². The van der Waals surface area contributed by atoms with Gasteiger partial charge in [-0.15, -0.1) is 0 Å². The first kappa shape index (κ1) is 14.6. The van der Waals surface area contributed by atoms with Crippen molar-refractivity contribution in [2.75, 3.05) is 20.2 Å². The fraction of sp³-hybridized carbons (Fsp3) is 0.571. The van der Waals surface area contributed by atoms with Crippen molar-refractivity contribution < 1.29 is 14.6 Å². The van der Waals surface area contributed by atoms with E-state index >= 15 is 0 Å². The van der Waals surface area contributed by atoms with Gasteiger partial charge >= 0.3 is 6.09 Å². The number of pyridine rings is 1. The molecule has 1 aliphatic heterocycles. The van der Waals surface area contributed by atoms with E-state index in [1.54, 1.807) is 13.3 Å². The number of hydrogen-bond acceptors (Lipinski definition) is 4. The zero-order chi connectivity index (χ0) is 14.5. The summed E-state index contributed by atoms with van der Waals surface area (Å²) in [7, 11) is 1.58. The van der Waals surface area contributed by atoms with Crippen molar-refractivity contribution in [1.29, 1.82) is 0 Å². The van der Waals surface area contributed by atoms with Gasteiger partial charge in [-0.25, -0.2) is 9.78 Å². The normalized spacial score (nSPS) is 17.8. The average Bonchev–Trinajstić information content (AvgIpc) is 2.48. The van der Waals surface area contributed by atoms with Crippen LogP contribution in [0.15, 0.2) is 18.3 Å². The Labute approximate surface area is 118 Å². The van der Waals surface area contributed by atoms with Crippen LogP contribution >= 0.6 is 0 Å². The Balaban J connectivity index is 1.85. The summed E-state index contributed by atoms with van der Waals surface area (Å²) in [5, 5.41) is 8.91. The fourth-order valence-electron chi connectivity index (χ4n) is 2.59. The molecule has 1 fully saturated rings. The van der Waals surface area contributed by atoms with Crippen LogP contribution in [0.1, 0.15) is 30.9 Å². The molecule has 1 aliphatic rings. The number of likely N-dealkylation sites (tertiary alicyclic amines) is 1. The van der Waals surface area contributed by atoms with Gasteiger partial charge in [0.25, 0.3) is 0 Å². The van der Waals surface area contributed by atoms with Gasteiger partial charge in [-0.1, -0.05) is 6.07 Å².